The van der Waals surface area contributed by atoms with Crippen molar-refractivity contribution in [3.63, 3.8) is 0 Å². The molecule has 0 aliphatic rings. The topological polar surface area (TPSA) is 43.4 Å². The van der Waals surface area contributed by atoms with E-state index in [1.54, 1.807) is 61.7 Å². The van der Waals surface area contributed by atoms with E-state index in [2.05, 4.69) is 0 Å². The van der Waals surface area contributed by atoms with E-state index in [0.717, 1.165) is 0 Å². The van der Waals surface area contributed by atoms with E-state index in [4.69, 9.17) is 4.74 Å². The van der Waals surface area contributed by atoms with Gasteiger partial charge in [0, 0.05) is 11.1 Å². The van der Waals surface area contributed by atoms with Crippen molar-refractivity contribution in [1.82, 2.24) is 0 Å². The molecule has 0 N–H and O–H groups in total. The van der Waals surface area contributed by atoms with Crippen molar-refractivity contribution in [2.24, 2.45) is 0 Å². The Kier molecular flexibility index (Phi) is 3.53. The summed E-state index contributed by atoms with van der Waals surface area (Å²) in [6.07, 6.45) is 0. The molecule has 0 saturated heterocycles. The van der Waals surface area contributed by atoms with E-state index in [1.807, 2.05) is 0 Å². The van der Waals surface area contributed by atoms with E-state index >= 15 is 0 Å². The Balaban J connectivity index is 2.23. The molecule has 0 saturated carbocycles. The van der Waals surface area contributed by atoms with Crippen molar-refractivity contribution in [2.45, 2.75) is 0 Å². The number of rotatable bonds is 4. The maximum Gasteiger partial charge on any atom is 0.233 e. The van der Waals surface area contributed by atoms with Gasteiger partial charge in [0.05, 0.1) is 7.11 Å². The molecule has 0 heterocycles. The van der Waals surface area contributed by atoms with Crippen molar-refractivity contribution in [1.29, 1.82) is 0 Å². The fourth-order valence-corrected chi connectivity index (χ4v) is 1.59. The zero-order valence-electron chi connectivity index (χ0n) is 9.92. The van der Waals surface area contributed by atoms with E-state index in [-0.39, 0.29) is 0 Å². The van der Waals surface area contributed by atoms with Crippen molar-refractivity contribution in [3.05, 3.63) is 65.7 Å². The van der Waals surface area contributed by atoms with Gasteiger partial charge in [-0.3, -0.25) is 9.59 Å². The molecule has 0 aromatic heterocycles. The van der Waals surface area contributed by atoms with Gasteiger partial charge in [-0.05, 0) is 24.3 Å². The molecule has 0 radical (unpaired) electrons. The third-order valence-electron chi connectivity index (χ3n) is 2.59. The molecular weight excluding hydrogens is 228 g/mol. The standard InChI is InChI=1S/C15H12O3/c1-18-13-9-7-12(8-10-13)15(17)14(16)11-5-3-2-4-6-11/h2-10H,1H3. The molecule has 3 nitrogen and oxygen atoms in total. The Morgan fingerprint density at radius 3 is 1.78 bits per heavy atom. The zero-order valence-corrected chi connectivity index (χ0v) is 9.92. The number of benzene rings is 2. The van der Waals surface area contributed by atoms with Gasteiger partial charge >= 0.3 is 0 Å². The molecule has 0 fully saturated rings. The van der Waals surface area contributed by atoms with Gasteiger partial charge in [-0.1, -0.05) is 30.3 Å². The Morgan fingerprint density at radius 1 is 0.778 bits per heavy atom. The fraction of sp³-hybridized carbons (Fsp3) is 0.0667. The number of methoxy groups -OCH3 is 1. The van der Waals surface area contributed by atoms with Crippen LogP contribution >= 0.6 is 0 Å². The van der Waals surface area contributed by atoms with Crippen LogP contribution in [0, 0.1) is 0 Å². The van der Waals surface area contributed by atoms with Crippen LogP contribution in [-0.2, 0) is 0 Å². The van der Waals surface area contributed by atoms with Crippen LogP contribution in [0.15, 0.2) is 54.6 Å². The van der Waals surface area contributed by atoms with Crippen molar-refractivity contribution in [2.75, 3.05) is 7.11 Å². The van der Waals surface area contributed by atoms with Gasteiger partial charge in [-0.25, -0.2) is 0 Å². The molecule has 0 amide bonds. The lowest BCUT2D eigenvalue weighted by Gasteiger charge is -2.02. The summed E-state index contributed by atoms with van der Waals surface area (Å²) in [6.45, 7) is 0. The van der Waals surface area contributed by atoms with Gasteiger partial charge in [-0.15, -0.1) is 0 Å². The fourth-order valence-electron chi connectivity index (χ4n) is 1.59. The lowest BCUT2D eigenvalue weighted by molar-refractivity contribution is 0.0817. The summed E-state index contributed by atoms with van der Waals surface area (Å²) in [5.41, 5.74) is 0.767. The number of carbonyl (C=O) groups excluding carboxylic acids is 2. The number of hydrogen-bond donors (Lipinski definition) is 0. The second-order valence-electron chi connectivity index (χ2n) is 3.75. The van der Waals surface area contributed by atoms with Crippen LogP contribution < -0.4 is 4.74 Å². The van der Waals surface area contributed by atoms with Gasteiger partial charge < -0.3 is 4.74 Å². The minimum Gasteiger partial charge on any atom is -0.497 e. The van der Waals surface area contributed by atoms with Gasteiger partial charge in [0.2, 0.25) is 11.6 Å². The maximum atomic E-state index is 12.0. The highest BCUT2D eigenvalue weighted by atomic mass is 16.5. The third-order valence-corrected chi connectivity index (χ3v) is 2.59. The second kappa shape index (κ2) is 5.27. The molecular formula is C15H12O3. The predicted molar refractivity (Wildman–Crippen MR) is 68.1 cm³/mol. The first-order valence-electron chi connectivity index (χ1n) is 5.50. The molecule has 0 aliphatic heterocycles. The first kappa shape index (κ1) is 12.0. The van der Waals surface area contributed by atoms with Crippen LogP contribution in [0.4, 0.5) is 0 Å². The molecule has 0 bridgehead atoms. The Morgan fingerprint density at radius 2 is 1.28 bits per heavy atom. The summed E-state index contributed by atoms with van der Waals surface area (Å²) in [4.78, 5) is 23.9. The summed E-state index contributed by atoms with van der Waals surface area (Å²) in [6, 6.07) is 15.0. The lowest BCUT2D eigenvalue weighted by Crippen LogP contribution is -2.14. The number of ketones is 2. The summed E-state index contributed by atoms with van der Waals surface area (Å²) in [7, 11) is 1.55. The number of Topliss-reactive ketones (excluding diaryl/α,β-unsaturated/α-hetero) is 2. The number of hydrogen-bond acceptors (Lipinski definition) is 3. The maximum absolute atomic E-state index is 12.0. The van der Waals surface area contributed by atoms with Crippen LogP contribution in [0.1, 0.15) is 20.7 Å². The SMILES string of the molecule is COc1ccc(C(=O)C(=O)c2ccccc2)cc1. The van der Waals surface area contributed by atoms with Crippen LogP contribution in [0.25, 0.3) is 0 Å². The monoisotopic (exact) mass is 240 g/mol. The lowest BCUT2D eigenvalue weighted by atomic mass is 10.0. The van der Waals surface area contributed by atoms with Crippen LogP contribution in [0.5, 0.6) is 5.75 Å². The quantitative estimate of drug-likeness (QED) is 0.609. The number of carbonyl (C=O) groups is 2. The van der Waals surface area contributed by atoms with Crippen molar-refractivity contribution >= 4 is 11.6 Å². The minimum atomic E-state index is -0.510. The van der Waals surface area contributed by atoms with E-state index in [9.17, 15) is 9.59 Å². The third kappa shape index (κ3) is 2.46. The first-order valence-corrected chi connectivity index (χ1v) is 5.50. The molecule has 0 aliphatic carbocycles. The molecule has 3 heteroatoms. The Labute approximate surface area is 105 Å². The minimum absolute atomic E-state index is 0.365. The average Bonchev–Trinajstić information content (AvgIpc) is 2.47. The summed E-state index contributed by atoms with van der Waals surface area (Å²) < 4.78 is 5.00. The molecule has 0 unspecified atom stereocenters. The normalized spacial score (nSPS) is 9.83. The highest BCUT2D eigenvalue weighted by Crippen LogP contribution is 2.13. The van der Waals surface area contributed by atoms with Crippen LogP contribution in [0.3, 0.4) is 0 Å². The molecule has 0 atom stereocenters. The highest BCUT2D eigenvalue weighted by Gasteiger charge is 2.17. The van der Waals surface area contributed by atoms with Crippen LogP contribution in [0.2, 0.25) is 0 Å². The predicted octanol–water partition coefficient (Wildman–Crippen LogP) is 2.76. The first-order chi connectivity index (χ1) is 8.72. The Bertz CT molecular complexity index is 556. The summed E-state index contributed by atoms with van der Waals surface area (Å²) >= 11 is 0. The molecule has 2 aromatic carbocycles. The van der Waals surface area contributed by atoms with E-state index in [0.29, 0.717) is 16.9 Å². The molecule has 2 rings (SSSR count). The van der Waals surface area contributed by atoms with E-state index < -0.39 is 11.6 Å². The van der Waals surface area contributed by atoms with Crippen molar-refractivity contribution < 1.29 is 14.3 Å². The molecule has 18 heavy (non-hydrogen) atoms. The van der Waals surface area contributed by atoms with Gasteiger partial charge in [0.1, 0.15) is 5.75 Å². The summed E-state index contributed by atoms with van der Waals surface area (Å²) in [5.74, 6) is -0.358. The average molecular weight is 240 g/mol. The second-order valence-corrected chi connectivity index (χ2v) is 3.75. The van der Waals surface area contributed by atoms with Gasteiger partial charge in [0.25, 0.3) is 0 Å². The smallest absolute Gasteiger partial charge is 0.233 e. The highest BCUT2D eigenvalue weighted by molar-refractivity contribution is 6.49. The van der Waals surface area contributed by atoms with Crippen LogP contribution in [-0.4, -0.2) is 18.7 Å². The molecule has 0 spiro atoms. The zero-order chi connectivity index (χ0) is 13.0. The summed E-state index contributed by atoms with van der Waals surface area (Å²) in [5, 5.41) is 0. The van der Waals surface area contributed by atoms with Gasteiger partial charge in [0.15, 0.2) is 0 Å². The Hall–Kier alpha value is -2.42. The number of ether oxygens (including phenoxy) is 1. The molecule has 2 aromatic rings. The van der Waals surface area contributed by atoms with Gasteiger partial charge in [-0.2, -0.15) is 0 Å². The largest absolute Gasteiger partial charge is 0.497 e. The molecule has 90 valence electrons. The van der Waals surface area contributed by atoms with E-state index in [1.165, 1.54) is 0 Å². The van der Waals surface area contributed by atoms with Crippen molar-refractivity contribution in [3.8, 4) is 5.75 Å².